The van der Waals surface area contributed by atoms with Gasteiger partial charge >= 0.3 is 0 Å². The van der Waals surface area contributed by atoms with Crippen LogP contribution < -0.4 is 9.47 Å². The molecule has 2 heteroatoms. The van der Waals surface area contributed by atoms with E-state index >= 15 is 0 Å². The molecule has 0 saturated carbocycles. The summed E-state index contributed by atoms with van der Waals surface area (Å²) in [6.45, 7) is 7.98. The van der Waals surface area contributed by atoms with E-state index < -0.39 is 0 Å². The van der Waals surface area contributed by atoms with Crippen LogP contribution in [0.25, 0.3) is 10.8 Å². The van der Waals surface area contributed by atoms with Gasteiger partial charge in [0.1, 0.15) is 18.1 Å². The Morgan fingerprint density at radius 3 is 2.47 bits per heavy atom. The Labute approximate surface area is 114 Å². The molecule has 0 bridgehead atoms. The van der Waals surface area contributed by atoms with Crippen molar-refractivity contribution >= 4 is 10.8 Å². The Morgan fingerprint density at radius 2 is 1.84 bits per heavy atom. The highest BCUT2D eigenvalue weighted by Crippen LogP contribution is 2.37. The zero-order valence-electron chi connectivity index (χ0n) is 11.2. The van der Waals surface area contributed by atoms with Gasteiger partial charge in [-0.2, -0.15) is 0 Å². The fourth-order valence-corrected chi connectivity index (χ4v) is 2.16. The number of hydrogen-bond donors (Lipinski definition) is 0. The molecule has 2 aromatic rings. The van der Waals surface area contributed by atoms with Gasteiger partial charge in [0, 0.05) is 16.3 Å². The SMILES string of the molecule is C=CCOc1c(CC=C)cc(OC)c2ccccc12. The summed E-state index contributed by atoms with van der Waals surface area (Å²) in [4.78, 5) is 0. The molecule has 0 aliphatic carbocycles. The van der Waals surface area contributed by atoms with Crippen LogP contribution in [0.4, 0.5) is 0 Å². The van der Waals surface area contributed by atoms with Crippen molar-refractivity contribution in [3.05, 3.63) is 61.2 Å². The van der Waals surface area contributed by atoms with E-state index in [1.54, 1.807) is 13.2 Å². The molecule has 2 rings (SSSR count). The number of hydrogen-bond acceptors (Lipinski definition) is 2. The number of allylic oxidation sites excluding steroid dienone is 1. The summed E-state index contributed by atoms with van der Waals surface area (Å²) in [6.07, 6.45) is 4.36. The molecule has 0 aromatic heterocycles. The first-order chi connectivity index (χ1) is 9.31. The lowest BCUT2D eigenvalue weighted by Gasteiger charge is -2.15. The van der Waals surface area contributed by atoms with Gasteiger partial charge in [0.25, 0.3) is 0 Å². The van der Waals surface area contributed by atoms with Crippen LogP contribution in [0.2, 0.25) is 0 Å². The topological polar surface area (TPSA) is 18.5 Å². The summed E-state index contributed by atoms with van der Waals surface area (Å²) in [5.41, 5.74) is 1.08. The fraction of sp³-hybridized carbons (Fsp3) is 0.176. The van der Waals surface area contributed by atoms with Crippen molar-refractivity contribution in [1.29, 1.82) is 0 Å². The Bertz CT molecular complexity index is 599. The smallest absolute Gasteiger partial charge is 0.131 e. The number of methoxy groups -OCH3 is 1. The molecule has 2 nitrogen and oxygen atoms in total. The Morgan fingerprint density at radius 1 is 1.11 bits per heavy atom. The van der Waals surface area contributed by atoms with E-state index in [0.29, 0.717) is 6.61 Å². The number of ether oxygens (including phenoxy) is 2. The maximum atomic E-state index is 5.83. The van der Waals surface area contributed by atoms with Crippen molar-refractivity contribution in [2.45, 2.75) is 6.42 Å². The number of benzene rings is 2. The minimum Gasteiger partial charge on any atom is -0.496 e. The highest BCUT2D eigenvalue weighted by Gasteiger charge is 2.12. The summed E-state index contributed by atoms with van der Waals surface area (Å²) < 4.78 is 11.3. The minimum atomic E-state index is 0.487. The highest BCUT2D eigenvalue weighted by molar-refractivity contribution is 5.94. The average Bonchev–Trinajstić information content (AvgIpc) is 2.45. The van der Waals surface area contributed by atoms with Crippen LogP contribution in [0, 0.1) is 0 Å². The van der Waals surface area contributed by atoms with Gasteiger partial charge in [0.15, 0.2) is 0 Å². The zero-order valence-corrected chi connectivity index (χ0v) is 11.2. The molecule has 0 unspecified atom stereocenters. The molecule has 0 aliphatic rings. The van der Waals surface area contributed by atoms with Gasteiger partial charge < -0.3 is 9.47 Å². The monoisotopic (exact) mass is 254 g/mol. The van der Waals surface area contributed by atoms with Gasteiger partial charge in [-0.15, -0.1) is 6.58 Å². The molecule has 0 saturated heterocycles. The van der Waals surface area contributed by atoms with E-state index in [1.807, 2.05) is 36.4 Å². The predicted octanol–water partition coefficient (Wildman–Crippen LogP) is 4.14. The van der Waals surface area contributed by atoms with Crippen LogP contribution in [0.3, 0.4) is 0 Å². The molecular formula is C17H18O2. The van der Waals surface area contributed by atoms with Crippen LogP contribution in [-0.4, -0.2) is 13.7 Å². The van der Waals surface area contributed by atoms with Crippen LogP contribution in [0.15, 0.2) is 55.6 Å². The predicted molar refractivity (Wildman–Crippen MR) is 80.1 cm³/mol. The normalized spacial score (nSPS) is 10.2. The summed E-state index contributed by atoms with van der Waals surface area (Å²) >= 11 is 0. The van der Waals surface area contributed by atoms with Crippen molar-refractivity contribution in [3.63, 3.8) is 0 Å². The number of rotatable bonds is 6. The largest absolute Gasteiger partial charge is 0.496 e. The van der Waals surface area contributed by atoms with Crippen molar-refractivity contribution in [3.8, 4) is 11.5 Å². The second-order valence-electron chi connectivity index (χ2n) is 4.21. The first-order valence-electron chi connectivity index (χ1n) is 6.25. The fourth-order valence-electron chi connectivity index (χ4n) is 2.16. The van der Waals surface area contributed by atoms with E-state index in [1.165, 1.54) is 0 Å². The second kappa shape index (κ2) is 6.10. The quantitative estimate of drug-likeness (QED) is 0.721. The van der Waals surface area contributed by atoms with Gasteiger partial charge in [-0.3, -0.25) is 0 Å². The summed E-state index contributed by atoms with van der Waals surface area (Å²) in [7, 11) is 1.68. The van der Waals surface area contributed by atoms with Gasteiger partial charge in [-0.05, 0) is 12.5 Å². The molecule has 0 amide bonds. The Hall–Kier alpha value is -2.22. The molecule has 0 radical (unpaired) electrons. The third-order valence-corrected chi connectivity index (χ3v) is 2.96. The molecule has 0 N–H and O–H groups in total. The lowest BCUT2D eigenvalue weighted by atomic mass is 10.0. The van der Waals surface area contributed by atoms with E-state index in [-0.39, 0.29) is 0 Å². The molecule has 0 atom stereocenters. The summed E-state index contributed by atoms with van der Waals surface area (Å²) in [6, 6.07) is 10.1. The van der Waals surface area contributed by atoms with E-state index in [0.717, 1.165) is 34.3 Å². The van der Waals surface area contributed by atoms with Gasteiger partial charge in [-0.1, -0.05) is 43.0 Å². The van der Waals surface area contributed by atoms with Crippen molar-refractivity contribution < 1.29 is 9.47 Å². The highest BCUT2D eigenvalue weighted by atomic mass is 16.5. The standard InChI is InChI=1S/C17H18O2/c1-4-8-13-12-16(18-3)14-9-6-7-10-15(14)17(13)19-11-5-2/h4-7,9-10,12H,1-2,8,11H2,3H3. The van der Waals surface area contributed by atoms with Gasteiger partial charge in [0.05, 0.1) is 7.11 Å². The zero-order chi connectivity index (χ0) is 13.7. The summed E-state index contributed by atoms with van der Waals surface area (Å²) in [5.74, 6) is 1.75. The molecule has 0 spiro atoms. The first kappa shape index (κ1) is 13.2. The maximum absolute atomic E-state index is 5.83. The van der Waals surface area contributed by atoms with Gasteiger partial charge in [0.2, 0.25) is 0 Å². The third-order valence-electron chi connectivity index (χ3n) is 2.96. The van der Waals surface area contributed by atoms with Crippen LogP contribution >= 0.6 is 0 Å². The number of fused-ring (bicyclic) bond motifs is 1. The van der Waals surface area contributed by atoms with E-state index in [9.17, 15) is 0 Å². The molecule has 0 heterocycles. The second-order valence-corrected chi connectivity index (χ2v) is 4.21. The van der Waals surface area contributed by atoms with E-state index in [4.69, 9.17) is 9.47 Å². The van der Waals surface area contributed by atoms with Crippen LogP contribution in [0.5, 0.6) is 11.5 Å². The van der Waals surface area contributed by atoms with Crippen LogP contribution in [0.1, 0.15) is 5.56 Å². The lowest BCUT2D eigenvalue weighted by Crippen LogP contribution is -1.99. The molecule has 98 valence electrons. The molecule has 2 aromatic carbocycles. The van der Waals surface area contributed by atoms with Crippen molar-refractivity contribution in [1.82, 2.24) is 0 Å². The Kier molecular flexibility index (Phi) is 4.24. The van der Waals surface area contributed by atoms with E-state index in [2.05, 4.69) is 13.2 Å². The molecule has 0 fully saturated rings. The van der Waals surface area contributed by atoms with Crippen molar-refractivity contribution in [2.75, 3.05) is 13.7 Å². The molecule has 19 heavy (non-hydrogen) atoms. The third kappa shape index (κ3) is 2.63. The van der Waals surface area contributed by atoms with Crippen molar-refractivity contribution in [2.24, 2.45) is 0 Å². The minimum absolute atomic E-state index is 0.487. The summed E-state index contributed by atoms with van der Waals surface area (Å²) in [5, 5.41) is 2.11. The first-order valence-corrected chi connectivity index (χ1v) is 6.25. The molecule has 0 aliphatic heterocycles. The maximum Gasteiger partial charge on any atom is 0.131 e. The molecular weight excluding hydrogens is 236 g/mol. The van der Waals surface area contributed by atoms with Gasteiger partial charge in [-0.25, -0.2) is 0 Å². The average molecular weight is 254 g/mol. The lowest BCUT2D eigenvalue weighted by molar-refractivity contribution is 0.363. The van der Waals surface area contributed by atoms with Crippen LogP contribution in [-0.2, 0) is 6.42 Å². The Balaban J connectivity index is 2.68.